The Hall–Kier alpha value is -2.64. The van der Waals surface area contributed by atoms with Gasteiger partial charge in [0.05, 0.1) is 23.1 Å². The Labute approximate surface area is 210 Å². The topological polar surface area (TPSA) is 83.1 Å². The van der Waals surface area contributed by atoms with Crippen molar-refractivity contribution in [1.29, 1.82) is 0 Å². The number of benzene rings is 2. The molecule has 0 saturated heterocycles. The molecule has 7 nitrogen and oxygen atoms in total. The number of halogens is 2. The lowest BCUT2D eigenvalue weighted by Gasteiger charge is -2.21. The number of methoxy groups -OCH3 is 1. The summed E-state index contributed by atoms with van der Waals surface area (Å²) in [6.45, 7) is 7.88. The molecule has 2 rings (SSSR count). The smallest absolute Gasteiger partial charge is 0.407 e. The predicted octanol–water partition coefficient (Wildman–Crippen LogP) is 5.62. The Balaban J connectivity index is 1.85. The molecule has 1 amide bonds. The van der Waals surface area contributed by atoms with Crippen LogP contribution in [0.2, 0.25) is 10.0 Å². The first-order valence-electron chi connectivity index (χ1n) is 10.8. The lowest BCUT2D eigenvalue weighted by molar-refractivity contribution is -0.145. The highest BCUT2D eigenvalue weighted by Gasteiger charge is 2.23. The second-order valence-electron chi connectivity index (χ2n) is 8.71. The molecule has 0 aliphatic carbocycles. The summed E-state index contributed by atoms with van der Waals surface area (Å²) in [5.41, 5.74) is 1.22. The molecule has 1 unspecified atom stereocenters. The molecule has 0 spiro atoms. The summed E-state index contributed by atoms with van der Waals surface area (Å²) in [6.07, 6.45) is -0.198. The highest BCUT2D eigenvalue weighted by molar-refractivity contribution is 6.37. The van der Waals surface area contributed by atoms with Gasteiger partial charge < -0.3 is 24.3 Å². The zero-order valence-electron chi connectivity index (χ0n) is 20.1. The van der Waals surface area contributed by atoms with E-state index in [4.69, 9.17) is 42.1 Å². The number of carbonyl (C=O) groups excluding carboxylic acids is 2. The van der Waals surface area contributed by atoms with Gasteiger partial charge in [-0.1, -0.05) is 35.3 Å². The number of hydrogen-bond donors (Lipinski definition) is 1. The number of alkyl carbamates (subject to hydrolysis) is 1. The molecule has 186 valence electrons. The standard InChI is InChI=1S/C25H31Cl2NO6/c1-16-12-20(26)22(21(27)13-16)33-11-10-32-19-8-6-17(7-9-19)14-18(23(29)31-5)15-28-24(30)34-25(2,3)4/h6-9,12-13,18H,10-11,14-15H2,1-5H3,(H,28,30). The van der Waals surface area contributed by atoms with E-state index in [-0.39, 0.29) is 13.2 Å². The summed E-state index contributed by atoms with van der Waals surface area (Å²) in [4.78, 5) is 24.1. The second kappa shape index (κ2) is 12.7. The van der Waals surface area contributed by atoms with Crippen LogP contribution in [0.25, 0.3) is 0 Å². The summed E-state index contributed by atoms with van der Waals surface area (Å²) >= 11 is 12.4. The first-order valence-corrected chi connectivity index (χ1v) is 11.6. The Kier molecular flexibility index (Phi) is 10.3. The number of aryl methyl sites for hydroxylation is 1. The van der Waals surface area contributed by atoms with E-state index in [0.717, 1.165) is 11.1 Å². The van der Waals surface area contributed by atoms with Gasteiger partial charge in [0.15, 0.2) is 5.75 Å². The maximum absolute atomic E-state index is 12.2. The van der Waals surface area contributed by atoms with Gasteiger partial charge in [-0.05, 0) is 69.5 Å². The van der Waals surface area contributed by atoms with E-state index >= 15 is 0 Å². The average Bonchev–Trinajstić information content (AvgIpc) is 2.74. The summed E-state index contributed by atoms with van der Waals surface area (Å²) in [5, 5.41) is 3.53. The number of carbonyl (C=O) groups is 2. The number of nitrogens with one attached hydrogen (secondary N) is 1. The van der Waals surface area contributed by atoms with Crippen LogP contribution < -0.4 is 14.8 Å². The number of rotatable bonds is 10. The summed E-state index contributed by atoms with van der Waals surface area (Å²) in [6, 6.07) is 10.9. The molecule has 2 aromatic rings. The predicted molar refractivity (Wildman–Crippen MR) is 132 cm³/mol. The van der Waals surface area contributed by atoms with Crippen LogP contribution in [0.15, 0.2) is 36.4 Å². The van der Waals surface area contributed by atoms with Crippen molar-refractivity contribution in [2.24, 2.45) is 5.92 Å². The molecule has 0 saturated carbocycles. The van der Waals surface area contributed by atoms with Crippen molar-refractivity contribution in [3.8, 4) is 11.5 Å². The SMILES string of the molecule is COC(=O)C(CNC(=O)OC(C)(C)C)Cc1ccc(OCCOc2c(Cl)cc(C)cc2Cl)cc1. The number of amides is 1. The summed E-state index contributed by atoms with van der Waals surface area (Å²) in [7, 11) is 1.32. The van der Waals surface area contributed by atoms with Crippen LogP contribution in [0, 0.1) is 12.8 Å². The van der Waals surface area contributed by atoms with Gasteiger partial charge in [0.2, 0.25) is 0 Å². The number of hydrogen-bond acceptors (Lipinski definition) is 6. The summed E-state index contributed by atoms with van der Waals surface area (Å²) < 4.78 is 21.5. The molecule has 34 heavy (non-hydrogen) atoms. The molecule has 0 radical (unpaired) electrons. The highest BCUT2D eigenvalue weighted by atomic mass is 35.5. The van der Waals surface area contributed by atoms with Crippen LogP contribution >= 0.6 is 23.2 Å². The third kappa shape index (κ3) is 9.31. The van der Waals surface area contributed by atoms with Crippen molar-refractivity contribution in [3.63, 3.8) is 0 Å². The minimum Gasteiger partial charge on any atom is -0.490 e. The van der Waals surface area contributed by atoms with Gasteiger partial charge in [0, 0.05) is 6.54 Å². The van der Waals surface area contributed by atoms with Crippen molar-refractivity contribution in [2.45, 2.75) is 39.7 Å². The van der Waals surface area contributed by atoms with E-state index in [1.165, 1.54) is 7.11 Å². The van der Waals surface area contributed by atoms with Crippen molar-refractivity contribution >= 4 is 35.3 Å². The van der Waals surface area contributed by atoms with Crippen LogP contribution in [-0.4, -0.2) is 44.5 Å². The Morgan fingerprint density at radius 1 is 1.00 bits per heavy atom. The monoisotopic (exact) mass is 511 g/mol. The lowest BCUT2D eigenvalue weighted by Crippen LogP contribution is -2.38. The van der Waals surface area contributed by atoms with E-state index < -0.39 is 23.6 Å². The Morgan fingerprint density at radius 3 is 2.15 bits per heavy atom. The van der Waals surface area contributed by atoms with Crippen LogP contribution in [0.5, 0.6) is 11.5 Å². The van der Waals surface area contributed by atoms with Gasteiger partial charge in [-0.3, -0.25) is 4.79 Å². The first kappa shape index (κ1) is 27.6. The van der Waals surface area contributed by atoms with Crippen molar-refractivity contribution in [1.82, 2.24) is 5.32 Å². The third-order valence-corrected chi connectivity index (χ3v) is 5.13. The summed E-state index contributed by atoms with van der Waals surface area (Å²) in [5.74, 6) is 0.111. The number of ether oxygens (including phenoxy) is 4. The molecular weight excluding hydrogens is 481 g/mol. The molecule has 0 aromatic heterocycles. The van der Waals surface area contributed by atoms with Crippen LogP contribution in [0.3, 0.4) is 0 Å². The average molecular weight is 512 g/mol. The minimum absolute atomic E-state index is 0.0985. The molecule has 9 heteroatoms. The molecule has 1 atom stereocenters. The molecule has 0 aliphatic rings. The van der Waals surface area contributed by atoms with Crippen molar-refractivity contribution < 1.29 is 28.5 Å². The van der Waals surface area contributed by atoms with E-state index in [1.54, 1.807) is 45.0 Å². The zero-order chi connectivity index (χ0) is 25.3. The molecule has 1 N–H and O–H groups in total. The van der Waals surface area contributed by atoms with Gasteiger partial charge in [0.25, 0.3) is 0 Å². The highest BCUT2D eigenvalue weighted by Crippen LogP contribution is 2.33. The van der Waals surface area contributed by atoms with E-state index in [9.17, 15) is 9.59 Å². The van der Waals surface area contributed by atoms with Crippen LogP contribution in [0.4, 0.5) is 4.79 Å². The van der Waals surface area contributed by atoms with Gasteiger partial charge in [0.1, 0.15) is 24.6 Å². The largest absolute Gasteiger partial charge is 0.490 e. The molecule has 0 fully saturated rings. The second-order valence-corrected chi connectivity index (χ2v) is 9.52. The normalized spacial score (nSPS) is 12.0. The molecule has 0 heterocycles. The van der Waals surface area contributed by atoms with Crippen LogP contribution in [0.1, 0.15) is 31.9 Å². The van der Waals surface area contributed by atoms with E-state index in [0.29, 0.717) is 34.6 Å². The maximum Gasteiger partial charge on any atom is 0.407 e. The lowest BCUT2D eigenvalue weighted by atomic mass is 9.99. The van der Waals surface area contributed by atoms with Crippen molar-refractivity contribution in [3.05, 3.63) is 57.6 Å². The Bertz CT molecular complexity index is 949. The molecule has 0 aliphatic heterocycles. The fourth-order valence-electron chi connectivity index (χ4n) is 3.06. The Morgan fingerprint density at radius 2 is 1.59 bits per heavy atom. The number of esters is 1. The van der Waals surface area contributed by atoms with Gasteiger partial charge in [-0.15, -0.1) is 0 Å². The zero-order valence-corrected chi connectivity index (χ0v) is 21.6. The van der Waals surface area contributed by atoms with Gasteiger partial charge in [-0.25, -0.2) is 4.79 Å². The van der Waals surface area contributed by atoms with Gasteiger partial charge in [-0.2, -0.15) is 0 Å². The van der Waals surface area contributed by atoms with Crippen molar-refractivity contribution in [2.75, 3.05) is 26.9 Å². The molecule has 0 bridgehead atoms. The molecule has 2 aromatic carbocycles. The quantitative estimate of drug-likeness (QED) is 0.329. The first-order chi connectivity index (χ1) is 16.0. The van der Waals surface area contributed by atoms with Crippen LogP contribution in [-0.2, 0) is 20.7 Å². The maximum atomic E-state index is 12.2. The fraction of sp³-hybridized carbons (Fsp3) is 0.440. The van der Waals surface area contributed by atoms with E-state index in [1.807, 2.05) is 19.1 Å². The van der Waals surface area contributed by atoms with E-state index in [2.05, 4.69) is 5.32 Å². The minimum atomic E-state index is -0.621. The fourth-order valence-corrected chi connectivity index (χ4v) is 3.77. The van der Waals surface area contributed by atoms with Gasteiger partial charge >= 0.3 is 12.1 Å². The molecular formula is C25H31Cl2NO6. The third-order valence-electron chi connectivity index (χ3n) is 4.57.